The maximum Gasteiger partial charge on any atom is 0.300 e. The first-order chi connectivity index (χ1) is 18.4. The lowest BCUT2D eigenvalue weighted by molar-refractivity contribution is -0.132. The summed E-state index contributed by atoms with van der Waals surface area (Å²) in [6.45, 7) is 4.49. The molecule has 0 aliphatic carbocycles. The van der Waals surface area contributed by atoms with Crippen LogP contribution in [0.25, 0.3) is 16.5 Å². The van der Waals surface area contributed by atoms with Crippen LogP contribution < -0.4 is 14.4 Å². The highest BCUT2D eigenvalue weighted by Crippen LogP contribution is 2.45. The van der Waals surface area contributed by atoms with Crippen molar-refractivity contribution in [3.05, 3.63) is 107 Å². The first-order valence-electron chi connectivity index (χ1n) is 12.4. The maximum absolute atomic E-state index is 13.6. The number of amides is 1. The number of fused-ring (bicyclic) bond motifs is 1. The molecule has 5 rings (SSSR count). The topological polar surface area (TPSA) is 76.1 Å². The van der Waals surface area contributed by atoms with Gasteiger partial charge < -0.3 is 14.6 Å². The molecule has 4 aromatic carbocycles. The smallest absolute Gasteiger partial charge is 0.300 e. The fourth-order valence-electron chi connectivity index (χ4n) is 4.88. The Kier molecular flexibility index (Phi) is 7.07. The third-order valence-corrected chi connectivity index (χ3v) is 6.70. The number of rotatable bonds is 7. The molecule has 1 heterocycles. The van der Waals surface area contributed by atoms with Gasteiger partial charge in [0, 0.05) is 16.8 Å². The van der Waals surface area contributed by atoms with E-state index in [4.69, 9.17) is 21.1 Å². The Hall–Kier alpha value is -4.29. The lowest BCUT2D eigenvalue weighted by Crippen LogP contribution is -2.29. The number of carbonyl (C=O) groups is 2. The van der Waals surface area contributed by atoms with Crippen LogP contribution in [-0.4, -0.2) is 30.0 Å². The number of anilines is 1. The third kappa shape index (κ3) is 4.48. The lowest BCUT2D eigenvalue weighted by Gasteiger charge is -2.27. The highest BCUT2D eigenvalue weighted by atomic mass is 35.5. The molecule has 0 aromatic heterocycles. The molecule has 1 aliphatic rings. The van der Waals surface area contributed by atoms with Gasteiger partial charge in [-0.3, -0.25) is 14.5 Å². The van der Waals surface area contributed by atoms with Crippen molar-refractivity contribution in [3.63, 3.8) is 0 Å². The van der Waals surface area contributed by atoms with E-state index in [9.17, 15) is 14.7 Å². The van der Waals surface area contributed by atoms with E-state index in [1.54, 1.807) is 42.5 Å². The molecule has 0 radical (unpaired) electrons. The molecule has 1 saturated heterocycles. The van der Waals surface area contributed by atoms with Crippen LogP contribution in [0, 0.1) is 0 Å². The molecule has 7 heteroatoms. The summed E-state index contributed by atoms with van der Waals surface area (Å²) < 4.78 is 11.4. The van der Waals surface area contributed by atoms with Crippen molar-refractivity contribution in [2.45, 2.75) is 19.9 Å². The van der Waals surface area contributed by atoms with Crippen LogP contribution in [0.15, 0.2) is 90.5 Å². The summed E-state index contributed by atoms with van der Waals surface area (Å²) in [4.78, 5) is 28.6. The molecule has 38 heavy (non-hydrogen) atoms. The summed E-state index contributed by atoms with van der Waals surface area (Å²) >= 11 is 6.27. The first kappa shape index (κ1) is 25.4. The minimum Gasteiger partial charge on any atom is -0.507 e. The molecule has 1 aliphatic heterocycles. The van der Waals surface area contributed by atoms with Gasteiger partial charge in [0.2, 0.25) is 0 Å². The van der Waals surface area contributed by atoms with E-state index in [-0.39, 0.29) is 11.3 Å². The SMILES string of the molecule is CCOc1ccc(/C(O)=C2\C(=O)C(=O)N(c3cccc(Cl)c3)C2c2cccc3ccccc23)c(OCC)c1. The molecule has 1 atom stereocenters. The summed E-state index contributed by atoms with van der Waals surface area (Å²) in [5.74, 6) is -0.955. The van der Waals surface area contributed by atoms with E-state index in [0.29, 0.717) is 46.5 Å². The van der Waals surface area contributed by atoms with Crippen molar-refractivity contribution in [3.8, 4) is 11.5 Å². The van der Waals surface area contributed by atoms with Gasteiger partial charge in [0.05, 0.1) is 30.4 Å². The van der Waals surface area contributed by atoms with Gasteiger partial charge >= 0.3 is 0 Å². The van der Waals surface area contributed by atoms with Crippen LogP contribution >= 0.6 is 11.6 Å². The summed E-state index contributed by atoms with van der Waals surface area (Å²) in [5, 5.41) is 13.9. The lowest BCUT2D eigenvalue weighted by atomic mass is 9.91. The van der Waals surface area contributed by atoms with Crippen LogP contribution in [-0.2, 0) is 9.59 Å². The molecule has 1 amide bonds. The molecule has 0 bridgehead atoms. The zero-order valence-corrected chi connectivity index (χ0v) is 21.7. The van der Waals surface area contributed by atoms with E-state index < -0.39 is 17.7 Å². The van der Waals surface area contributed by atoms with Crippen LogP contribution in [0.3, 0.4) is 0 Å². The molecular weight excluding hydrogens is 502 g/mol. The Morgan fingerprint density at radius 3 is 2.39 bits per heavy atom. The first-order valence-corrected chi connectivity index (χ1v) is 12.8. The average Bonchev–Trinajstić information content (AvgIpc) is 3.18. The zero-order valence-electron chi connectivity index (χ0n) is 21.0. The number of hydrogen-bond acceptors (Lipinski definition) is 5. The molecule has 6 nitrogen and oxygen atoms in total. The van der Waals surface area contributed by atoms with Crippen molar-refractivity contribution in [1.82, 2.24) is 0 Å². The highest BCUT2D eigenvalue weighted by Gasteiger charge is 2.47. The van der Waals surface area contributed by atoms with E-state index in [0.717, 1.165) is 10.8 Å². The number of ketones is 1. The Bertz CT molecular complexity index is 1570. The quantitative estimate of drug-likeness (QED) is 0.160. The van der Waals surface area contributed by atoms with Gasteiger partial charge in [0.15, 0.2) is 0 Å². The van der Waals surface area contributed by atoms with Crippen molar-refractivity contribution >= 4 is 45.5 Å². The number of benzene rings is 4. The molecule has 192 valence electrons. The van der Waals surface area contributed by atoms with Gasteiger partial charge in [-0.2, -0.15) is 0 Å². The predicted octanol–water partition coefficient (Wildman–Crippen LogP) is 6.92. The maximum atomic E-state index is 13.6. The summed E-state index contributed by atoms with van der Waals surface area (Å²) in [7, 11) is 0. The van der Waals surface area contributed by atoms with E-state index >= 15 is 0 Å². The monoisotopic (exact) mass is 527 g/mol. The summed E-state index contributed by atoms with van der Waals surface area (Å²) in [6.07, 6.45) is 0. The minimum absolute atomic E-state index is 0.0311. The predicted molar refractivity (Wildman–Crippen MR) is 149 cm³/mol. The number of halogens is 1. The van der Waals surface area contributed by atoms with Crippen LogP contribution in [0.5, 0.6) is 11.5 Å². The average molecular weight is 528 g/mol. The number of Topliss-reactive ketones (excluding diaryl/α,β-unsaturated/α-hetero) is 1. The van der Waals surface area contributed by atoms with E-state index in [1.807, 2.05) is 56.3 Å². The minimum atomic E-state index is -0.902. The number of aliphatic hydroxyl groups is 1. The second-order valence-corrected chi connectivity index (χ2v) is 9.18. The fraction of sp³-hybridized carbons (Fsp3) is 0.161. The molecule has 0 spiro atoms. The Morgan fingerprint density at radius 2 is 1.63 bits per heavy atom. The van der Waals surface area contributed by atoms with Crippen molar-refractivity contribution in [1.29, 1.82) is 0 Å². The number of nitrogens with zero attached hydrogens (tertiary/aromatic N) is 1. The third-order valence-electron chi connectivity index (χ3n) is 6.47. The largest absolute Gasteiger partial charge is 0.507 e. The summed E-state index contributed by atoms with van der Waals surface area (Å²) in [5.41, 5.74) is 1.42. The van der Waals surface area contributed by atoms with Crippen LogP contribution in [0.1, 0.15) is 31.0 Å². The fourth-order valence-corrected chi connectivity index (χ4v) is 5.07. The van der Waals surface area contributed by atoms with Crippen molar-refractivity contribution in [2.75, 3.05) is 18.1 Å². The Labute approximate surface area is 225 Å². The molecular formula is C31H26ClNO5. The van der Waals surface area contributed by atoms with Gasteiger partial charge in [-0.25, -0.2) is 0 Å². The van der Waals surface area contributed by atoms with Crippen molar-refractivity contribution < 1.29 is 24.2 Å². The normalized spacial score (nSPS) is 16.7. The standard InChI is InChI=1S/C31H26ClNO5/c1-3-37-22-15-16-25(26(18-22)38-4-2)29(34)27-28(24-14-7-10-19-9-5-6-13-23(19)24)33(31(36)30(27)35)21-12-8-11-20(32)17-21/h5-18,28,34H,3-4H2,1-2H3/b29-27+. The van der Waals surface area contributed by atoms with E-state index in [1.165, 1.54) is 4.90 Å². The molecule has 1 unspecified atom stereocenters. The van der Waals surface area contributed by atoms with Crippen LogP contribution in [0.2, 0.25) is 5.02 Å². The van der Waals surface area contributed by atoms with Gasteiger partial charge in [-0.15, -0.1) is 0 Å². The van der Waals surface area contributed by atoms with Gasteiger partial charge in [-0.1, -0.05) is 60.1 Å². The highest BCUT2D eigenvalue weighted by molar-refractivity contribution is 6.52. The van der Waals surface area contributed by atoms with Gasteiger partial charge in [0.25, 0.3) is 11.7 Å². The molecule has 4 aromatic rings. The zero-order chi connectivity index (χ0) is 26.8. The second kappa shape index (κ2) is 10.6. The number of aliphatic hydroxyl groups excluding tert-OH is 1. The molecule has 1 N–H and O–H groups in total. The van der Waals surface area contributed by atoms with E-state index in [2.05, 4.69) is 0 Å². The van der Waals surface area contributed by atoms with Gasteiger partial charge in [-0.05, 0) is 60.5 Å². The number of carbonyl (C=O) groups excluding carboxylic acids is 2. The second-order valence-electron chi connectivity index (χ2n) is 8.74. The number of ether oxygens (including phenoxy) is 2. The number of hydrogen-bond donors (Lipinski definition) is 1. The summed E-state index contributed by atoms with van der Waals surface area (Å²) in [6, 6.07) is 24.3. The van der Waals surface area contributed by atoms with Gasteiger partial charge in [0.1, 0.15) is 17.3 Å². The molecule has 0 saturated carbocycles. The Balaban J connectivity index is 1.79. The molecule has 1 fully saturated rings. The van der Waals surface area contributed by atoms with Crippen LogP contribution in [0.4, 0.5) is 5.69 Å². The Morgan fingerprint density at radius 1 is 0.895 bits per heavy atom. The van der Waals surface area contributed by atoms with Crippen molar-refractivity contribution in [2.24, 2.45) is 0 Å².